The fraction of sp³-hybridized carbons (Fsp3) is 0.571. The first kappa shape index (κ1) is 10.7. The minimum atomic E-state index is 0.734. The summed E-state index contributed by atoms with van der Waals surface area (Å²) in [6, 6.07) is 9.57. The molecule has 1 unspecified atom stereocenters. The van der Waals surface area contributed by atoms with E-state index in [4.69, 9.17) is 0 Å². The molecule has 1 aliphatic rings. The van der Waals surface area contributed by atoms with Crippen LogP contribution in [-0.2, 0) is 13.1 Å². The number of nitrogens with zero attached hydrogens (tertiary/aromatic N) is 1. The highest BCUT2D eigenvalue weighted by atomic mass is 15.2. The van der Waals surface area contributed by atoms with Crippen LogP contribution < -0.4 is 0 Å². The maximum absolute atomic E-state index is 2.60. The maximum atomic E-state index is 2.60. The monoisotopic (exact) mass is 203 g/mol. The molecule has 0 saturated heterocycles. The molecule has 0 spiro atoms. The molecule has 1 heteroatoms. The Morgan fingerprint density at radius 3 is 2.33 bits per heavy atom. The molecule has 2 rings (SSSR count). The van der Waals surface area contributed by atoms with Gasteiger partial charge in [0.15, 0.2) is 0 Å². The molecule has 82 valence electrons. The van der Waals surface area contributed by atoms with Gasteiger partial charge in [0.05, 0.1) is 0 Å². The van der Waals surface area contributed by atoms with Gasteiger partial charge in [0.25, 0.3) is 0 Å². The van der Waals surface area contributed by atoms with E-state index in [0.717, 1.165) is 19.1 Å². The van der Waals surface area contributed by atoms with Crippen LogP contribution in [0.15, 0.2) is 24.3 Å². The van der Waals surface area contributed by atoms with E-state index in [2.05, 4.69) is 43.0 Å². The van der Waals surface area contributed by atoms with Crippen LogP contribution in [0, 0.1) is 0 Å². The molecule has 0 fully saturated rings. The third kappa shape index (κ3) is 2.40. The van der Waals surface area contributed by atoms with E-state index in [0.29, 0.717) is 0 Å². The number of hydrogen-bond donors (Lipinski definition) is 0. The Morgan fingerprint density at radius 1 is 1.20 bits per heavy atom. The predicted octanol–water partition coefficient (Wildman–Crippen LogP) is 3.58. The number of fused-ring (bicyclic) bond motifs is 1. The Hall–Kier alpha value is -0.820. The van der Waals surface area contributed by atoms with Crippen molar-refractivity contribution in [2.75, 3.05) is 0 Å². The molecule has 0 aliphatic carbocycles. The zero-order valence-electron chi connectivity index (χ0n) is 9.87. The van der Waals surface area contributed by atoms with Gasteiger partial charge in [-0.25, -0.2) is 0 Å². The van der Waals surface area contributed by atoms with Gasteiger partial charge in [0.1, 0.15) is 0 Å². The van der Waals surface area contributed by atoms with Crippen LogP contribution in [-0.4, -0.2) is 10.9 Å². The highest BCUT2D eigenvalue weighted by molar-refractivity contribution is 5.30. The molecule has 1 aromatic rings. The van der Waals surface area contributed by atoms with Crippen molar-refractivity contribution in [2.45, 2.75) is 52.2 Å². The molecular weight excluding hydrogens is 182 g/mol. The van der Waals surface area contributed by atoms with Crippen LogP contribution in [0.4, 0.5) is 0 Å². The Balaban J connectivity index is 1.94. The van der Waals surface area contributed by atoms with E-state index >= 15 is 0 Å². The van der Waals surface area contributed by atoms with Crippen molar-refractivity contribution in [3.63, 3.8) is 0 Å². The quantitative estimate of drug-likeness (QED) is 0.723. The van der Waals surface area contributed by atoms with Crippen LogP contribution in [0.1, 0.15) is 44.2 Å². The summed E-state index contributed by atoms with van der Waals surface area (Å²) >= 11 is 0. The smallest absolute Gasteiger partial charge is 0.0243 e. The van der Waals surface area contributed by atoms with E-state index in [1.165, 1.54) is 30.4 Å². The molecule has 0 bridgehead atoms. The van der Waals surface area contributed by atoms with E-state index < -0.39 is 0 Å². The van der Waals surface area contributed by atoms with Gasteiger partial charge >= 0.3 is 0 Å². The summed E-state index contributed by atoms with van der Waals surface area (Å²) in [5.74, 6) is 0. The van der Waals surface area contributed by atoms with Crippen LogP contribution >= 0.6 is 0 Å². The third-order valence-electron chi connectivity index (χ3n) is 3.46. The lowest BCUT2D eigenvalue weighted by Gasteiger charge is -2.23. The van der Waals surface area contributed by atoms with Gasteiger partial charge in [0.2, 0.25) is 0 Å². The fourth-order valence-corrected chi connectivity index (χ4v) is 2.35. The number of rotatable bonds is 4. The first-order valence-corrected chi connectivity index (χ1v) is 6.12. The molecule has 0 radical (unpaired) electrons. The van der Waals surface area contributed by atoms with Crippen LogP contribution in [0.3, 0.4) is 0 Å². The van der Waals surface area contributed by atoms with E-state index in [1.807, 2.05) is 0 Å². The van der Waals surface area contributed by atoms with Crippen molar-refractivity contribution in [3.8, 4) is 0 Å². The zero-order chi connectivity index (χ0) is 10.7. The lowest BCUT2D eigenvalue weighted by molar-refractivity contribution is 0.200. The summed E-state index contributed by atoms with van der Waals surface area (Å²) in [6.45, 7) is 6.94. The van der Waals surface area contributed by atoms with Crippen LogP contribution in [0.5, 0.6) is 0 Å². The molecule has 1 aliphatic heterocycles. The van der Waals surface area contributed by atoms with Crippen molar-refractivity contribution in [2.24, 2.45) is 0 Å². The number of unbranched alkanes of at least 4 members (excludes halogenated alkanes) is 1. The van der Waals surface area contributed by atoms with E-state index in [-0.39, 0.29) is 0 Å². The molecule has 1 atom stereocenters. The zero-order valence-corrected chi connectivity index (χ0v) is 9.87. The first-order chi connectivity index (χ1) is 7.31. The van der Waals surface area contributed by atoms with Gasteiger partial charge in [-0.1, -0.05) is 44.0 Å². The van der Waals surface area contributed by atoms with Gasteiger partial charge in [-0.2, -0.15) is 0 Å². The second-order valence-electron chi connectivity index (χ2n) is 4.66. The van der Waals surface area contributed by atoms with Crippen LogP contribution in [0.2, 0.25) is 0 Å². The van der Waals surface area contributed by atoms with Gasteiger partial charge in [-0.05, 0) is 24.5 Å². The highest BCUT2D eigenvalue weighted by Gasteiger charge is 2.21. The third-order valence-corrected chi connectivity index (χ3v) is 3.46. The second-order valence-corrected chi connectivity index (χ2v) is 4.66. The summed E-state index contributed by atoms with van der Waals surface area (Å²) < 4.78 is 0. The van der Waals surface area contributed by atoms with Crippen molar-refractivity contribution in [1.29, 1.82) is 0 Å². The van der Waals surface area contributed by atoms with Gasteiger partial charge < -0.3 is 0 Å². The van der Waals surface area contributed by atoms with Crippen molar-refractivity contribution >= 4 is 0 Å². The minimum absolute atomic E-state index is 0.734. The lowest BCUT2D eigenvalue weighted by Crippen LogP contribution is -2.27. The minimum Gasteiger partial charge on any atom is -0.292 e. The molecule has 1 aromatic carbocycles. The SMILES string of the molecule is CCCCC(C)N1Cc2ccccc2C1. The molecule has 1 nitrogen and oxygen atoms in total. The number of hydrogen-bond acceptors (Lipinski definition) is 1. The fourth-order valence-electron chi connectivity index (χ4n) is 2.35. The van der Waals surface area contributed by atoms with E-state index in [9.17, 15) is 0 Å². The second kappa shape index (κ2) is 4.80. The van der Waals surface area contributed by atoms with Crippen molar-refractivity contribution in [1.82, 2.24) is 4.90 Å². The Morgan fingerprint density at radius 2 is 1.80 bits per heavy atom. The first-order valence-electron chi connectivity index (χ1n) is 6.12. The standard InChI is InChI=1S/C14H21N/c1-3-4-7-12(2)15-10-13-8-5-6-9-14(13)11-15/h5-6,8-9,12H,3-4,7,10-11H2,1-2H3. The largest absolute Gasteiger partial charge is 0.292 e. The molecular formula is C14H21N. The average Bonchev–Trinajstić information content (AvgIpc) is 2.69. The molecule has 0 aromatic heterocycles. The van der Waals surface area contributed by atoms with Crippen molar-refractivity contribution < 1.29 is 0 Å². The summed E-state index contributed by atoms with van der Waals surface area (Å²) in [6.07, 6.45) is 4.00. The maximum Gasteiger partial charge on any atom is 0.0243 e. The average molecular weight is 203 g/mol. The normalized spacial score (nSPS) is 17.7. The van der Waals surface area contributed by atoms with Gasteiger partial charge in [-0.15, -0.1) is 0 Å². The number of benzene rings is 1. The molecule has 15 heavy (non-hydrogen) atoms. The summed E-state index contributed by atoms with van der Waals surface area (Å²) in [5, 5.41) is 0. The predicted molar refractivity (Wildman–Crippen MR) is 64.7 cm³/mol. The summed E-state index contributed by atoms with van der Waals surface area (Å²) in [5.41, 5.74) is 3.06. The topological polar surface area (TPSA) is 3.24 Å². The van der Waals surface area contributed by atoms with Gasteiger partial charge in [-0.3, -0.25) is 4.90 Å². The van der Waals surface area contributed by atoms with Crippen LogP contribution in [0.25, 0.3) is 0 Å². The molecule has 1 heterocycles. The van der Waals surface area contributed by atoms with Gasteiger partial charge in [0, 0.05) is 19.1 Å². The van der Waals surface area contributed by atoms with Crippen molar-refractivity contribution in [3.05, 3.63) is 35.4 Å². The molecule has 0 saturated carbocycles. The highest BCUT2D eigenvalue weighted by Crippen LogP contribution is 2.25. The lowest BCUT2D eigenvalue weighted by atomic mass is 10.1. The molecule has 0 amide bonds. The molecule has 0 N–H and O–H groups in total. The Bertz CT molecular complexity index is 294. The summed E-state index contributed by atoms with van der Waals surface area (Å²) in [4.78, 5) is 2.60. The summed E-state index contributed by atoms with van der Waals surface area (Å²) in [7, 11) is 0. The van der Waals surface area contributed by atoms with E-state index in [1.54, 1.807) is 0 Å². The Kier molecular flexibility index (Phi) is 3.42. The Labute approximate surface area is 93.1 Å².